The number of hydrogen-bond donors (Lipinski definition) is 1. The van der Waals surface area contributed by atoms with E-state index < -0.39 is 20.2 Å². The molecule has 0 aliphatic heterocycles. The number of carbonyl (C=O) groups excluding carboxylic acids is 1. The first-order chi connectivity index (χ1) is 7.49. The van der Waals surface area contributed by atoms with Gasteiger partial charge in [0.05, 0.1) is 0 Å². The summed E-state index contributed by atoms with van der Waals surface area (Å²) in [6.07, 6.45) is 0. The first-order valence-electron chi connectivity index (χ1n) is 3.97. The molecule has 0 fully saturated rings. The Morgan fingerprint density at radius 2 is 1.63 bits per heavy atom. The number of halogens is 1. The zero-order valence-electron chi connectivity index (χ0n) is 11.0. The van der Waals surface area contributed by atoms with Crippen molar-refractivity contribution in [3.05, 3.63) is 29.8 Å². The second-order valence-corrected chi connectivity index (χ2v) is 2.35. The molecule has 1 N–H and O–H groups in total. The van der Waals surface area contributed by atoms with Crippen LogP contribution in [0.2, 0.25) is 0 Å². The number of esters is 1. The average Bonchev–Trinajstić information content (AvgIpc) is 2.17. The zero-order valence-corrected chi connectivity index (χ0v) is 17.0. The Hall–Kier alpha value is 1.36. The van der Waals surface area contributed by atoms with Crippen LogP contribution in [0.15, 0.2) is 24.3 Å². The molecule has 0 aliphatic carbocycles. The third kappa shape index (κ3) is 15.6. The Kier molecular flexibility index (Phi) is 26.1. The largest absolute Gasteiger partial charge is 1.00 e. The Balaban J connectivity index is -0.000000144. The van der Waals surface area contributed by atoms with Gasteiger partial charge in [-0.15, -0.1) is 0 Å². The summed E-state index contributed by atoms with van der Waals surface area (Å²) in [5.74, 6) is -1.08. The van der Waals surface area contributed by atoms with Gasteiger partial charge >= 0.3 is 94.6 Å². The second kappa shape index (κ2) is 17.4. The van der Waals surface area contributed by atoms with E-state index in [1.807, 2.05) is 0 Å². The van der Waals surface area contributed by atoms with E-state index in [4.69, 9.17) is 20.2 Å². The summed E-state index contributed by atoms with van der Waals surface area (Å²) in [6, 6.07) is 5.79. The van der Waals surface area contributed by atoms with E-state index in [0.29, 0.717) is 0 Å². The molecule has 0 unspecified atom stereocenters. The monoisotopic (exact) mass is 298 g/mol. The summed E-state index contributed by atoms with van der Waals surface area (Å²) < 4.78 is 15.6. The van der Waals surface area contributed by atoms with Crippen LogP contribution < -0.4 is 104 Å². The number of benzene rings is 1. The molecule has 0 saturated carbocycles. The molecule has 19 heavy (non-hydrogen) atoms. The molecule has 0 radical (unpaired) electrons. The predicted octanol–water partition coefficient (Wildman–Crippen LogP) is -11.5. The summed E-state index contributed by atoms with van der Waals surface area (Å²) in [4.78, 5) is 10.8. The molecule has 0 amide bonds. The van der Waals surface area contributed by atoms with Gasteiger partial charge in [0.15, 0.2) is 0 Å². The van der Waals surface area contributed by atoms with Crippen molar-refractivity contribution in [3.8, 4) is 5.75 Å². The minimum absolute atomic E-state index is 0. The van der Waals surface area contributed by atoms with Gasteiger partial charge in [-0.2, -0.15) is 0 Å². The van der Waals surface area contributed by atoms with Gasteiger partial charge in [0.25, 0.3) is 0 Å². The third-order valence-corrected chi connectivity index (χ3v) is 1.31. The van der Waals surface area contributed by atoms with Crippen molar-refractivity contribution in [2.45, 2.75) is 0 Å². The summed E-state index contributed by atoms with van der Waals surface area (Å²) in [7, 11) is -2.92. The van der Waals surface area contributed by atoms with Gasteiger partial charge in [-0.25, -0.2) is 9.18 Å². The molecule has 1 rings (SSSR count). The fourth-order valence-corrected chi connectivity index (χ4v) is 0.774. The quantitative estimate of drug-likeness (QED) is 0.428. The predicted molar refractivity (Wildman–Crippen MR) is 45.3 cm³/mol. The van der Waals surface area contributed by atoms with Crippen LogP contribution in [0.25, 0.3) is 0 Å². The van der Waals surface area contributed by atoms with Crippen molar-refractivity contribution in [2.24, 2.45) is 0 Å². The van der Waals surface area contributed by atoms with Crippen LogP contribution in [-0.4, -0.2) is 25.3 Å². The van der Waals surface area contributed by atoms with E-state index in [2.05, 4.69) is 4.74 Å². The van der Waals surface area contributed by atoms with E-state index in [0.717, 1.165) is 0 Å². The Bertz CT molecular complexity index is 341. The fourth-order valence-electron chi connectivity index (χ4n) is 0.774. The number of phenols is 1. The van der Waals surface area contributed by atoms with Crippen molar-refractivity contribution in [2.75, 3.05) is 6.86 Å². The van der Waals surface area contributed by atoms with Crippen molar-refractivity contribution in [1.82, 2.24) is 0 Å². The average molecular weight is 298 g/mol. The number of rotatable bonds is 2. The summed E-state index contributed by atoms with van der Waals surface area (Å²) >= 11 is 0. The molecule has 0 saturated heterocycles. The summed E-state index contributed by atoms with van der Waals surface area (Å²) in [6.45, 7) is -1.19. The maximum absolute atomic E-state index is 11.5. The standard InChI is InChI=1S/C8H7FO3.BO3.3Na/c9-5-12-8(11)6-3-1-2-4-7(6)10;2-1(3)4;;;/h1-4,10H,5H2;;;;/q;-3;3*+1. The van der Waals surface area contributed by atoms with Crippen LogP contribution in [0, 0.1) is 0 Å². The van der Waals surface area contributed by atoms with Crippen LogP contribution in [0.3, 0.4) is 0 Å². The Morgan fingerprint density at radius 1 is 1.21 bits per heavy atom. The van der Waals surface area contributed by atoms with Crippen LogP contribution in [0.4, 0.5) is 4.39 Å². The summed E-state index contributed by atoms with van der Waals surface area (Å²) in [5, 5.41) is 34.3. The number of para-hydroxylation sites is 1. The molecule has 88 valence electrons. The molecule has 0 spiro atoms. The number of hydrogen-bond acceptors (Lipinski definition) is 6. The number of alkyl halides is 1. The fraction of sp³-hybridized carbons (Fsp3) is 0.125. The van der Waals surface area contributed by atoms with Gasteiger partial charge < -0.3 is 24.9 Å². The molecule has 0 bridgehead atoms. The van der Waals surface area contributed by atoms with E-state index in [1.54, 1.807) is 12.1 Å². The maximum atomic E-state index is 11.5. The number of phenolic OH excluding ortho intramolecular Hbond substituents is 1. The van der Waals surface area contributed by atoms with Crippen LogP contribution in [-0.2, 0) is 4.74 Å². The maximum Gasteiger partial charge on any atom is 1.00 e. The molecule has 0 atom stereocenters. The minimum atomic E-state index is -2.92. The van der Waals surface area contributed by atoms with Crippen LogP contribution >= 0.6 is 0 Å². The zero-order chi connectivity index (χ0) is 12.6. The molecular formula is C8H7BFNa3O6. The minimum Gasteiger partial charge on any atom is -0.907 e. The van der Waals surface area contributed by atoms with E-state index >= 15 is 0 Å². The van der Waals surface area contributed by atoms with E-state index in [-0.39, 0.29) is 100.0 Å². The van der Waals surface area contributed by atoms with Gasteiger partial charge in [0.1, 0.15) is 11.3 Å². The van der Waals surface area contributed by atoms with Gasteiger partial charge in [0, 0.05) is 0 Å². The normalized spacial score (nSPS) is 7.37. The summed E-state index contributed by atoms with van der Waals surface area (Å²) in [5.41, 5.74) is -0.0323. The molecule has 6 nitrogen and oxygen atoms in total. The van der Waals surface area contributed by atoms with E-state index in [1.165, 1.54) is 12.1 Å². The van der Waals surface area contributed by atoms with Crippen molar-refractivity contribution < 1.29 is 123 Å². The Labute approximate surface area is 176 Å². The third-order valence-electron chi connectivity index (χ3n) is 1.31. The van der Waals surface area contributed by atoms with Crippen molar-refractivity contribution >= 4 is 13.3 Å². The van der Waals surface area contributed by atoms with Gasteiger partial charge in [-0.1, -0.05) is 12.1 Å². The topological polar surface area (TPSA) is 116 Å². The SMILES string of the molecule is O=C(OCF)c1ccccc1O.[Na+].[Na+].[Na+].[O-]B([O-])[O-]. The number of carbonyl (C=O) groups is 1. The second-order valence-electron chi connectivity index (χ2n) is 2.35. The van der Waals surface area contributed by atoms with Crippen molar-refractivity contribution in [1.29, 1.82) is 0 Å². The first kappa shape index (κ1) is 28.5. The molecule has 0 aromatic heterocycles. The molecule has 1 aromatic rings. The van der Waals surface area contributed by atoms with Crippen molar-refractivity contribution in [3.63, 3.8) is 0 Å². The number of ether oxygens (including phenoxy) is 1. The van der Waals surface area contributed by atoms with Gasteiger partial charge in [-0.3, -0.25) is 7.32 Å². The van der Waals surface area contributed by atoms with E-state index in [9.17, 15) is 9.18 Å². The Morgan fingerprint density at radius 3 is 2.00 bits per heavy atom. The first-order valence-corrected chi connectivity index (χ1v) is 3.97. The molecule has 1 aromatic carbocycles. The van der Waals surface area contributed by atoms with Crippen LogP contribution in [0.5, 0.6) is 5.75 Å². The van der Waals surface area contributed by atoms with Crippen LogP contribution in [0.1, 0.15) is 10.4 Å². The molecule has 11 heteroatoms. The molecular weight excluding hydrogens is 291 g/mol. The smallest absolute Gasteiger partial charge is 0.907 e. The number of aromatic hydroxyl groups is 1. The van der Waals surface area contributed by atoms with Gasteiger partial charge in [0.2, 0.25) is 6.86 Å². The van der Waals surface area contributed by atoms with Gasteiger partial charge in [-0.05, 0) is 12.1 Å². The molecule has 0 heterocycles. The molecule has 0 aliphatic rings.